The molecule has 4 N–H and O–H groups in total. The molecule has 0 bridgehead atoms. The molecule has 1 spiro atoms. The van der Waals surface area contributed by atoms with Crippen molar-refractivity contribution in [1.82, 2.24) is 10.2 Å². The molecule has 13 nitrogen and oxygen atoms in total. The summed E-state index contributed by atoms with van der Waals surface area (Å²) >= 11 is 0. The zero-order chi connectivity index (χ0) is 37.5. The summed E-state index contributed by atoms with van der Waals surface area (Å²) in [5, 5.41) is 47.2. The van der Waals surface area contributed by atoms with Gasteiger partial charge in [0.15, 0.2) is 0 Å². The Morgan fingerprint density at radius 3 is 2.33 bits per heavy atom. The number of likely N-dealkylation sites (N-methyl/N-ethyl adjacent to an activating group) is 1. The Balaban J connectivity index is 1.95. The van der Waals surface area contributed by atoms with Gasteiger partial charge in [0.25, 0.3) is 0 Å². The van der Waals surface area contributed by atoms with Crippen LogP contribution in [0, 0.1) is 27.4 Å². The van der Waals surface area contributed by atoms with E-state index in [0.717, 1.165) is 0 Å². The second-order valence-corrected chi connectivity index (χ2v) is 13.5. The average molecular weight is 688 g/mol. The van der Waals surface area contributed by atoms with E-state index in [2.05, 4.69) is 5.32 Å². The lowest BCUT2D eigenvalue weighted by molar-refractivity contribution is -0.425. The first-order chi connectivity index (χ1) is 22.7. The number of aliphatic hydroxyl groups excluding tert-OH is 2. The minimum absolute atomic E-state index is 0.0567. The van der Waals surface area contributed by atoms with Crippen molar-refractivity contribution >= 4 is 17.8 Å². The first kappa shape index (κ1) is 41.3. The lowest BCUT2D eigenvalue weighted by atomic mass is 9.65. The molecule has 0 aliphatic carbocycles. The number of ether oxygens (including phenoxy) is 2. The Morgan fingerprint density at radius 2 is 1.78 bits per heavy atom. The van der Waals surface area contributed by atoms with Crippen molar-refractivity contribution in [1.29, 1.82) is 0 Å². The van der Waals surface area contributed by atoms with Crippen molar-refractivity contribution in [2.45, 2.75) is 97.4 Å². The highest BCUT2D eigenvalue weighted by molar-refractivity contribution is 5.99. The summed E-state index contributed by atoms with van der Waals surface area (Å²) in [6.45, 7) is 13.2. The number of likely N-dealkylation sites (tertiary alicyclic amines) is 1. The third-order valence-electron chi connectivity index (χ3n) is 10.0. The molecule has 49 heavy (non-hydrogen) atoms. The van der Waals surface area contributed by atoms with Gasteiger partial charge in [-0.25, -0.2) is 4.79 Å². The molecule has 0 saturated carbocycles. The second kappa shape index (κ2) is 16.7. The van der Waals surface area contributed by atoms with Crippen molar-refractivity contribution in [3.63, 3.8) is 0 Å². The number of carbonyl (C=O) groups excluding carboxylic acids is 3. The van der Waals surface area contributed by atoms with Gasteiger partial charge in [-0.15, -0.1) is 0 Å². The van der Waals surface area contributed by atoms with Crippen LogP contribution in [0.1, 0.15) is 61.8 Å². The lowest BCUT2D eigenvalue weighted by Gasteiger charge is -2.55. The fourth-order valence-electron chi connectivity index (χ4n) is 6.46. The highest BCUT2D eigenvalue weighted by Crippen LogP contribution is 2.54. The number of rotatable bonds is 16. The van der Waals surface area contributed by atoms with Gasteiger partial charge in [-0.3, -0.25) is 19.7 Å². The first-order valence-electron chi connectivity index (χ1n) is 16.3. The van der Waals surface area contributed by atoms with Crippen LogP contribution in [0.5, 0.6) is 0 Å². The van der Waals surface area contributed by atoms with Crippen LogP contribution in [-0.2, 0) is 23.9 Å². The molecule has 0 aromatic rings. The first-order valence-corrected chi connectivity index (χ1v) is 16.3. The van der Waals surface area contributed by atoms with Crippen LogP contribution in [0.4, 0.5) is 0 Å². The van der Waals surface area contributed by atoms with E-state index in [9.17, 15) is 39.8 Å². The van der Waals surface area contributed by atoms with Gasteiger partial charge in [0, 0.05) is 33.2 Å². The second-order valence-electron chi connectivity index (χ2n) is 13.5. The van der Waals surface area contributed by atoms with E-state index in [-0.39, 0.29) is 24.6 Å². The fourth-order valence-corrected chi connectivity index (χ4v) is 6.46. The van der Waals surface area contributed by atoms with Crippen molar-refractivity contribution in [2.24, 2.45) is 17.3 Å². The van der Waals surface area contributed by atoms with E-state index < -0.39 is 69.6 Å². The Hall–Kier alpha value is -3.91. The number of carbonyl (C=O) groups is 3. The number of amides is 2. The molecule has 0 radical (unpaired) electrons. The van der Waals surface area contributed by atoms with E-state index >= 15 is 0 Å². The standard InChI is InChI=1S/C36H53N3O10/c1-22(26(5)39(46)47)17-13-11-14-18-23(2)30(41)34(7,8)32(43)37-20-16-12-15-19-28(40)24(3)21-29(48-10)36(45)25(4)31(42)38(9)35(36)27(6)49-33(35)44/h11-19,24-25,27-30,40-41,45H,20-21H2,1-10H3,(H,37,43)/b14-11+,16-12+,17-13+,19-15+,23-18+,26-22+/t24-,25-,27+,28+,29+,30-,35+,36+/m0/s1. The van der Waals surface area contributed by atoms with Crippen molar-refractivity contribution in [3.8, 4) is 0 Å². The van der Waals surface area contributed by atoms with Gasteiger partial charge in [-0.2, -0.15) is 0 Å². The summed E-state index contributed by atoms with van der Waals surface area (Å²) in [5.41, 5.74) is -3.46. The van der Waals surface area contributed by atoms with Crippen LogP contribution in [0.3, 0.4) is 0 Å². The predicted molar refractivity (Wildman–Crippen MR) is 184 cm³/mol. The van der Waals surface area contributed by atoms with Crippen LogP contribution in [0.25, 0.3) is 0 Å². The lowest BCUT2D eigenvalue weighted by Crippen LogP contribution is -2.80. The third-order valence-corrected chi connectivity index (χ3v) is 10.0. The molecule has 2 aliphatic heterocycles. The molecule has 272 valence electrons. The van der Waals surface area contributed by atoms with Gasteiger partial charge in [0.05, 0.1) is 34.6 Å². The molecule has 0 unspecified atom stereocenters. The number of hydrogen-bond donors (Lipinski definition) is 4. The zero-order valence-electron chi connectivity index (χ0n) is 30.2. The summed E-state index contributed by atoms with van der Waals surface area (Å²) in [6.07, 6.45) is 11.2. The number of hydrogen-bond acceptors (Lipinski definition) is 10. The SMILES string of the molecule is CO[C@H](C[C@H](C)[C@H](O)/C=C/C=C/CNC(=O)C(C)(C)[C@@H](O)/C(C)=C/C=C/C=C/C(C)=C(\C)[N+](=O)[O-])[C@]1(O)[C@@H](C)C(=O)N(C)[C@]12C(=O)O[C@@H]2C. The minimum atomic E-state index is -1.87. The Bertz CT molecular complexity index is 1440. The highest BCUT2D eigenvalue weighted by Gasteiger charge is 2.80. The molecular formula is C36H53N3O10. The van der Waals surface area contributed by atoms with E-state index in [1.807, 2.05) is 0 Å². The van der Waals surface area contributed by atoms with Crippen LogP contribution >= 0.6 is 0 Å². The van der Waals surface area contributed by atoms with E-state index in [1.54, 1.807) is 103 Å². The van der Waals surface area contributed by atoms with Crippen LogP contribution in [0.15, 0.2) is 71.5 Å². The molecule has 2 saturated heterocycles. The summed E-state index contributed by atoms with van der Waals surface area (Å²) in [4.78, 5) is 50.2. The van der Waals surface area contributed by atoms with Gasteiger partial charge >= 0.3 is 5.97 Å². The number of allylic oxidation sites excluding steroid dienone is 9. The number of esters is 1. The number of methoxy groups -OCH3 is 1. The molecule has 0 aromatic carbocycles. The van der Waals surface area contributed by atoms with E-state index in [4.69, 9.17) is 9.47 Å². The van der Waals surface area contributed by atoms with Crippen LogP contribution in [-0.4, -0.2) is 99.2 Å². The largest absolute Gasteiger partial charge is 0.457 e. The normalized spacial score (nSPS) is 27.9. The van der Waals surface area contributed by atoms with Crippen LogP contribution in [0.2, 0.25) is 0 Å². The Morgan fingerprint density at radius 1 is 1.14 bits per heavy atom. The summed E-state index contributed by atoms with van der Waals surface area (Å²) in [7, 11) is 2.87. The summed E-state index contributed by atoms with van der Waals surface area (Å²) in [6, 6.07) is 0. The molecule has 8 atom stereocenters. The van der Waals surface area contributed by atoms with E-state index in [1.165, 1.54) is 26.0 Å². The number of cyclic esters (lactones) is 1. The van der Waals surface area contributed by atoms with Crippen LogP contribution < -0.4 is 5.32 Å². The number of aliphatic hydroxyl groups is 3. The Labute approximate surface area is 288 Å². The van der Waals surface area contributed by atoms with Crippen molar-refractivity contribution < 1.29 is 44.1 Å². The number of nitrogens with zero attached hydrogens (tertiary/aromatic N) is 2. The fraction of sp³-hybridized carbons (Fsp3) is 0.583. The van der Waals surface area contributed by atoms with Gasteiger partial charge in [0.2, 0.25) is 23.1 Å². The molecule has 0 aromatic heterocycles. The molecule has 2 fully saturated rings. The van der Waals surface area contributed by atoms with E-state index in [0.29, 0.717) is 11.1 Å². The molecule has 2 amide bonds. The zero-order valence-corrected chi connectivity index (χ0v) is 30.2. The number of nitrogens with one attached hydrogen (secondary N) is 1. The molecule has 13 heteroatoms. The molecular weight excluding hydrogens is 634 g/mol. The van der Waals surface area contributed by atoms with Crippen molar-refractivity contribution in [3.05, 3.63) is 81.6 Å². The number of nitro groups is 1. The Kier molecular flexibility index (Phi) is 14.0. The van der Waals surface area contributed by atoms with Gasteiger partial charge in [-0.05, 0) is 52.5 Å². The quantitative estimate of drug-likeness (QED) is 0.0812. The monoisotopic (exact) mass is 687 g/mol. The predicted octanol–water partition coefficient (Wildman–Crippen LogP) is 3.16. The van der Waals surface area contributed by atoms with Gasteiger partial charge in [-0.1, -0.05) is 68.5 Å². The van der Waals surface area contributed by atoms with Gasteiger partial charge < -0.3 is 35.0 Å². The molecule has 2 rings (SSSR count). The molecule has 2 aliphatic rings. The van der Waals surface area contributed by atoms with Gasteiger partial charge in [0.1, 0.15) is 11.7 Å². The highest BCUT2D eigenvalue weighted by atomic mass is 16.6. The maximum atomic E-state index is 12.9. The topological polar surface area (TPSA) is 189 Å². The molecule has 2 heterocycles. The minimum Gasteiger partial charge on any atom is -0.457 e. The smallest absolute Gasteiger partial charge is 0.339 e. The van der Waals surface area contributed by atoms with Crippen molar-refractivity contribution in [2.75, 3.05) is 20.7 Å². The average Bonchev–Trinajstić information content (AvgIpc) is 3.22. The summed E-state index contributed by atoms with van der Waals surface area (Å²) < 4.78 is 10.9. The maximum Gasteiger partial charge on any atom is 0.339 e. The summed E-state index contributed by atoms with van der Waals surface area (Å²) in [5.74, 6) is -2.82. The third kappa shape index (κ3) is 8.12. The maximum absolute atomic E-state index is 12.9.